The van der Waals surface area contributed by atoms with Crippen molar-refractivity contribution in [3.05, 3.63) is 29.9 Å². The maximum absolute atomic E-state index is 13.0. The molecule has 0 amide bonds. The fourth-order valence-electron chi connectivity index (χ4n) is 1.47. The minimum absolute atomic E-state index is 0.00861. The van der Waals surface area contributed by atoms with Crippen LogP contribution in [0.4, 0.5) is 8.78 Å². The zero-order valence-corrected chi connectivity index (χ0v) is 13.4. The first-order valence-corrected chi connectivity index (χ1v) is 7.88. The average Bonchev–Trinajstić information content (AvgIpc) is 2.95. The molecule has 126 valence electrons. The Morgan fingerprint density at radius 1 is 1.35 bits per heavy atom. The molecular formula is C12H15F2N5O3S. The van der Waals surface area contributed by atoms with Crippen molar-refractivity contribution >= 4 is 10.2 Å². The van der Waals surface area contributed by atoms with Crippen molar-refractivity contribution in [2.24, 2.45) is 0 Å². The van der Waals surface area contributed by atoms with Crippen molar-refractivity contribution in [3.8, 4) is 11.4 Å². The highest BCUT2D eigenvalue weighted by atomic mass is 32.2. The zero-order chi connectivity index (χ0) is 17.3. The van der Waals surface area contributed by atoms with Crippen LogP contribution in [0.3, 0.4) is 0 Å². The maximum atomic E-state index is 13.0. The lowest BCUT2D eigenvalue weighted by molar-refractivity contribution is -0.0158. The number of pyridine rings is 1. The van der Waals surface area contributed by atoms with Crippen LogP contribution in [0.5, 0.6) is 0 Å². The number of nitrogens with zero attached hydrogens (tertiary/aromatic N) is 4. The lowest BCUT2D eigenvalue weighted by Gasteiger charge is -2.11. The Morgan fingerprint density at radius 2 is 2.04 bits per heavy atom. The second kappa shape index (κ2) is 6.26. The van der Waals surface area contributed by atoms with E-state index in [0.29, 0.717) is 18.2 Å². The quantitative estimate of drug-likeness (QED) is 0.841. The highest BCUT2D eigenvalue weighted by Crippen LogP contribution is 2.27. The van der Waals surface area contributed by atoms with Gasteiger partial charge in [-0.1, -0.05) is 5.16 Å². The SMILES string of the molecule is CN(C)S(=O)(=O)NCc1ccc(-c2noc(C(C)(F)F)n2)cn1. The topological polar surface area (TPSA) is 101 Å². The van der Waals surface area contributed by atoms with Crippen LogP contribution in [0, 0.1) is 0 Å². The highest BCUT2D eigenvalue weighted by molar-refractivity contribution is 7.87. The number of halogens is 2. The van der Waals surface area contributed by atoms with E-state index in [-0.39, 0.29) is 12.4 Å². The van der Waals surface area contributed by atoms with E-state index in [1.807, 2.05) is 0 Å². The molecule has 0 radical (unpaired) electrons. The van der Waals surface area contributed by atoms with E-state index >= 15 is 0 Å². The first-order chi connectivity index (χ1) is 10.6. The molecule has 0 saturated heterocycles. The monoisotopic (exact) mass is 347 g/mol. The fourth-order valence-corrected chi connectivity index (χ4v) is 2.06. The summed E-state index contributed by atoms with van der Waals surface area (Å²) in [6, 6.07) is 3.07. The largest absolute Gasteiger partial charge is 0.332 e. The summed E-state index contributed by atoms with van der Waals surface area (Å²) in [7, 11) is -0.753. The van der Waals surface area contributed by atoms with Gasteiger partial charge in [0.25, 0.3) is 16.1 Å². The maximum Gasteiger partial charge on any atom is 0.322 e. The summed E-state index contributed by atoms with van der Waals surface area (Å²) in [6.45, 7) is 0.647. The normalized spacial score (nSPS) is 12.8. The van der Waals surface area contributed by atoms with Gasteiger partial charge in [-0.05, 0) is 12.1 Å². The summed E-state index contributed by atoms with van der Waals surface area (Å²) in [5.41, 5.74) is 0.826. The molecule has 11 heteroatoms. The Labute approximate surface area is 131 Å². The highest BCUT2D eigenvalue weighted by Gasteiger charge is 2.32. The van der Waals surface area contributed by atoms with Crippen molar-refractivity contribution in [3.63, 3.8) is 0 Å². The number of alkyl halides is 2. The van der Waals surface area contributed by atoms with Gasteiger partial charge in [0.2, 0.25) is 5.82 Å². The van der Waals surface area contributed by atoms with Crippen LogP contribution in [0.1, 0.15) is 18.5 Å². The van der Waals surface area contributed by atoms with Crippen LogP contribution in [-0.2, 0) is 22.7 Å². The van der Waals surface area contributed by atoms with Gasteiger partial charge in [-0.15, -0.1) is 0 Å². The van der Waals surface area contributed by atoms with Crippen LogP contribution in [-0.4, -0.2) is 41.9 Å². The molecule has 0 bridgehead atoms. The summed E-state index contributed by atoms with van der Waals surface area (Å²) < 4.78 is 57.1. The van der Waals surface area contributed by atoms with E-state index in [0.717, 1.165) is 4.31 Å². The third kappa shape index (κ3) is 4.27. The molecule has 23 heavy (non-hydrogen) atoms. The third-order valence-electron chi connectivity index (χ3n) is 2.80. The number of hydrogen-bond acceptors (Lipinski definition) is 6. The van der Waals surface area contributed by atoms with Crippen molar-refractivity contribution in [2.75, 3.05) is 14.1 Å². The molecule has 0 aromatic carbocycles. The molecule has 2 rings (SSSR count). The Hall–Kier alpha value is -1.98. The van der Waals surface area contributed by atoms with Crippen molar-refractivity contribution in [1.82, 2.24) is 24.2 Å². The van der Waals surface area contributed by atoms with Crippen LogP contribution < -0.4 is 4.72 Å². The number of hydrogen-bond donors (Lipinski definition) is 1. The number of aromatic nitrogens is 3. The Balaban J connectivity index is 2.09. The van der Waals surface area contributed by atoms with E-state index in [4.69, 9.17) is 0 Å². The third-order valence-corrected chi connectivity index (χ3v) is 4.27. The van der Waals surface area contributed by atoms with Crippen LogP contribution in [0.25, 0.3) is 11.4 Å². The van der Waals surface area contributed by atoms with Gasteiger partial charge < -0.3 is 4.52 Å². The Morgan fingerprint density at radius 3 is 2.52 bits per heavy atom. The van der Waals surface area contributed by atoms with E-state index < -0.39 is 22.0 Å². The van der Waals surface area contributed by atoms with E-state index in [2.05, 4.69) is 24.4 Å². The Kier molecular flexibility index (Phi) is 4.73. The van der Waals surface area contributed by atoms with Gasteiger partial charge in [-0.2, -0.15) is 31.2 Å². The van der Waals surface area contributed by atoms with Crippen LogP contribution >= 0.6 is 0 Å². The van der Waals surface area contributed by atoms with Gasteiger partial charge in [0.15, 0.2) is 0 Å². The molecule has 0 spiro atoms. The zero-order valence-electron chi connectivity index (χ0n) is 12.6. The summed E-state index contributed by atoms with van der Waals surface area (Å²) in [5, 5.41) is 3.47. The lowest BCUT2D eigenvalue weighted by Crippen LogP contribution is -2.35. The molecule has 0 aliphatic carbocycles. The van der Waals surface area contributed by atoms with Gasteiger partial charge >= 0.3 is 5.92 Å². The molecule has 2 aromatic rings. The molecular weight excluding hydrogens is 332 g/mol. The van der Waals surface area contributed by atoms with E-state index in [1.165, 1.54) is 32.4 Å². The van der Waals surface area contributed by atoms with Gasteiger partial charge in [-0.25, -0.2) is 0 Å². The van der Waals surface area contributed by atoms with Gasteiger partial charge in [-0.3, -0.25) is 4.98 Å². The minimum Gasteiger partial charge on any atom is -0.332 e. The first kappa shape index (κ1) is 17.4. The molecule has 0 aliphatic heterocycles. The van der Waals surface area contributed by atoms with Crippen molar-refractivity contribution in [1.29, 1.82) is 0 Å². The summed E-state index contributed by atoms with van der Waals surface area (Å²) in [4.78, 5) is 7.64. The second-order valence-electron chi connectivity index (χ2n) is 4.96. The second-order valence-corrected chi connectivity index (χ2v) is 6.93. The van der Waals surface area contributed by atoms with Crippen molar-refractivity contribution < 1.29 is 21.7 Å². The Bertz CT molecular complexity index is 769. The lowest BCUT2D eigenvalue weighted by atomic mass is 10.2. The first-order valence-electron chi connectivity index (χ1n) is 6.44. The minimum atomic E-state index is -3.55. The molecule has 1 N–H and O–H groups in total. The van der Waals surface area contributed by atoms with Crippen LogP contribution in [0.15, 0.2) is 22.9 Å². The van der Waals surface area contributed by atoms with Gasteiger partial charge in [0.1, 0.15) is 0 Å². The number of rotatable bonds is 6. The fraction of sp³-hybridized carbons (Fsp3) is 0.417. The predicted octanol–water partition coefficient (Wildman–Crippen LogP) is 1.14. The summed E-state index contributed by atoms with van der Waals surface area (Å²) >= 11 is 0. The summed E-state index contributed by atoms with van der Waals surface area (Å²) in [6.07, 6.45) is 1.35. The number of nitrogens with one attached hydrogen (secondary N) is 1. The molecule has 0 unspecified atom stereocenters. The van der Waals surface area contributed by atoms with E-state index in [9.17, 15) is 17.2 Å². The molecule has 8 nitrogen and oxygen atoms in total. The molecule has 0 aliphatic rings. The average molecular weight is 347 g/mol. The molecule has 0 saturated carbocycles. The van der Waals surface area contributed by atoms with Gasteiger partial charge in [0.05, 0.1) is 12.2 Å². The smallest absolute Gasteiger partial charge is 0.322 e. The standard InChI is InChI=1S/C12H15F2N5O3S/c1-12(13,14)11-17-10(18-22-11)8-4-5-9(15-6-8)7-16-23(20,21)19(2)3/h4-6,16H,7H2,1-3H3. The predicted molar refractivity (Wildman–Crippen MR) is 76.5 cm³/mol. The van der Waals surface area contributed by atoms with E-state index in [1.54, 1.807) is 0 Å². The molecule has 2 heterocycles. The van der Waals surface area contributed by atoms with Crippen molar-refractivity contribution in [2.45, 2.75) is 19.4 Å². The molecule has 0 fully saturated rings. The summed E-state index contributed by atoms with van der Waals surface area (Å²) in [5.74, 6) is -4.02. The van der Waals surface area contributed by atoms with Crippen LogP contribution in [0.2, 0.25) is 0 Å². The van der Waals surface area contributed by atoms with Gasteiger partial charge in [0, 0.05) is 32.8 Å². The molecule has 0 atom stereocenters. The molecule has 2 aromatic heterocycles.